The molecular formula is C17H13ClN2O5. The molecule has 7 nitrogen and oxygen atoms in total. The topological polar surface area (TPSA) is 116 Å². The largest absolute Gasteiger partial charge is 0.507 e. The van der Waals surface area contributed by atoms with E-state index in [2.05, 4.69) is 0 Å². The number of phenolic OH excluding ortho intramolecular Hbond substituents is 1. The number of rotatable bonds is 4. The van der Waals surface area contributed by atoms with Gasteiger partial charge in [0.2, 0.25) is 5.78 Å². The third-order valence-corrected chi connectivity index (χ3v) is 3.32. The zero-order valence-corrected chi connectivity index (χ0v) is 13.4. The Labute approximate surface area is 147 Å². The zero-order valence-electron chi connectivity index (χ0n) is 12.7. The van der Waals surface area contributed by atoms with Gasteiger partial charge in [-0.3, -0.25) is 25.2 Å². The lowest BCUT2D eigenvalue weighted by atomic mass is 10.1. The van der Waals surface area contributed by atoms with E-state index in [1.807, 2.05) is 10.9 Å². The molecular weight excluding hydrogens is 348 g/mol. The molecule has 128 valence electrons. The first-order chi connectivity index (χ1) is 11.9. The van der Waals surface area contributed by atoms with Crippen LogP contribution in [0.3, 0.4) is 0 Å². The molecule has 2 amide bonds. The van der Waals surface area contributed by atoms with Crippen LogP contribution >= 0.6 is 11.6 Å². The summed E-state index contributed by atoms with van der Waals surface area (Å²) < 4.78 is 0. The molecule has 2 aromatic carbocycles. The molecule has 0 saturated carbocycles. The molecule has 0 atom stereocenters. The quantitative estimate of drug-likeness (QED) is 0.288. The smallest absolute Gasteiger partial charge is 0.310 e. The molecule has 25 heavy (non-hydrogen) atoms. The number of nitrogens with one attached hydrogen (secondary N) is 2. The number of ketones is 1. The van der Waals surface area contributed by atoms with Crippen LogP contribution in [-0.4, -0.2) is 27.8 Å². The zero-order chi connectivity index (χ0) is 18.4. The number of phenols is 1. The van der Waals surface area contributed by atoms with Gasteiger partial charge in [-0.2, -0.15) is 0 Å². The fourth-order valence-electron chi connectivity index (χ4n) is 1.80. The van der Waals surface area contributed by atoms with Crippen LogP contribution in [0.5, 0.6) is 5.75 Å². The van der Waals surface area contributed by atoms with Gasteiger partial charge in [-0.1, -0.05) is 23.7 Å². The SMILES string of the molecule is O=C(C=C(O)c1ccc(Cl)cc1)C(=O)NNC(=O)c1ccccc1O. The Morgan fingerprint density at radius 3 is 2.24 bits per heavy atom. The van der Waals surface area contributed by atoms with Gasteiger partial charge >= 0.3 is 5.91 Å². The van der Waals surface area contributed by atoms with Gasteiger partial charge in [0.1, 0.15) is 11.5 Å². The number of aliphatic hydroxyl groups excluding tert-OH is 1. The molecule has 0 aromatic heterocycles. The van der Waals surface area contributed by atoms with E-state index in [1.165, 1.54) is 48.5 Å². The van der Waals surface area contributed by atoms with Crippen molar-refractivity contribution in [1.29, 1.82) is 0 Å². The molecule has 8 heteroatoms. The molecule has 0 heterocycles. The summed E-state index contributed by atoms with van der Waals surface area (Å²) >= 11 is 5.71. The second-order valence-corrected chi connectivity index (χ2v) is 5.26. The van der Waals surface area contributed by atoms with Crippen LogP contribution in [-0.2, 0) is 9.59 Å². The number of hydrogen-bond acceptors (Lipinski definition) is 5. The fourth-order valence-corrected chi connectivity index (χ4v) is 1.93. The lowest BCUT2D eigenvalue weighted by molar-refractivity contribution is -0.135. The second kappa shape index (κ2) is 7.98. The van der Waals surface area contributed by atoms with Crippen LogP contribution < -0.4 is 10.9 Å². The Bertz CT molecular complexity index is 846. The maximum atomic E-state index is 11.8. The summed E-state index contributed by atoms with van der Waals surface area (Å²) in [7, 11) is 0. The monoisotopic (exact) mass is 360 g/mol. The highest BCUT2D eigenvalue weighted by Crippen LogP contribution is 2.16. The van der Waals surface area contributed by atoms with Crippen LogP contribution in [0.1, 0.15) is 15.9 Å². The maximum absolute atomic E-state index is 11.8. The Morgan fingerprint density at radius 1 is 0.960 bits per heavy atom. The van der Waals surface area contributed by atoms with Crippen molar-refractivity contribution < 1.29 is 24.6 Å². The highest BCUT2D eigenvalue weighted by atomic mass is 35.5. The van der Waals surface area contributed by atoms with Gasteiger partial charge in [0.25, 0.3) is 5.91 Å². The van der Waals surface area contributed by atoms with Gasteiger partial charge in [-0.25, -0.2) is 0 Å². The van der Waals surface area contributed by atoms with E-state index in [9.17, 15) is 24.6 Å². The third-order valence-electron chi connectivity index (χ3n) is 3.07. The summed E-state index contributed by atoms with van der Waals surface area (Å²) in [5.41, 5.74) is 4.11. The molecule has 0 bridgehead atoms. The predicted molar refractivity (Wildman–Crippen MR) is 90.8 cm³/mol. The number of carbonyl (C=O) groups is 3. The average Bonchev–Trinajstić information content (AvgIpc) is 2.60. The number of aromatic hydroxyl groups is 1. The summed E-state index contributed by atoms with van der Waals surface area (Å²) in [5.74, 6) is -3.75. The second-order valence-electron chi connectivity index (χ2n) is 4.83. The molecule has 0 saturated heterocycles. The molecule has 0 fully saturated rings. The van der Waals surface area contributed by atoms with Gasteiger partial charge in [0.15, 0.2) is 0 Å². The molecule has 0 aliphatic heterocycles. The first-order valence-electron chi connectivity index (χ1n) is 6.97. The minimum atomic E-state index is -1.16. The fraction of sp³-hybridized carbons (Fsp3) is 0. The molecule has 0 aliphatic carbocycles. The van der Waals surface area contributed by atoms with Gasteiger partial charge in [-0.15, -0.1) is 0 Å². The number of hydrogen-bond donors (Lipinski definition) is 4. The molecule has 0 aliphatic rings. The minimum Gasteiger partial charge on any atom is -0.507 e. The van der Waals surface area contributed by atoms with E-state index in [-0.39, 0.29) is 11.3 Å². The Kier molecular flexibility index (Phi) is 5.75. The molecule has 4 N–H and O–H groups in total. The number of hydrazine groups is 1. The lowest BCUT2D eigenvalue weighted by Crippen LogP contribution is -2.44. The van der Waals surface area contributed by atoms with E-state index in [0.717, 1.165) is 0 Å². The number of para-hydroxylation sites is 1. The Hall–Kier alpha value is -3.32. The van der Waals surface area contributed by atoms with Crippen molar-refractivity contribution >= 4 is 35.0 Å². The minimum absolute atomic E-state index is 0.0743. The molecule has 2 rings (SSSR count). The first-order valence-corrected chi connectivity index (χ1v) is 7.35. The van der Waals surface area contributed by atoms with Gasteiger partial charge < -0.3 is 10.2 Å². The van der Waals surface area contributed by atoms with Crippen molar-refractivity contribution in [2.24, 2.45) is 0 Å². The lowest BCUT2D eigenvalue weighted by Gasteiger charge is -2.07. The van der Waals surface area contributed by atoms with Crippen molar-refractivity contribution in [2.75, 3.05) is 0 Å². The summed E-state index contributed by atoms with van der Waals surface area (Å²) in [6.45, 7) is 0. The standard InChI is InChI=1S/C17H13ClN2O5/c18-11-7-5-10(6-8-11)14(22)9-15(23)17(25)20-19-16(24)12-3-1-2-4-13(12)21/h1-9,21-22H,(H,19,24)(H,20,25). The number of aliphatic hydroxyl groups is 1. The van der Waals surface area contributed by atoms with Crippen molar-refractivity contribution in [3.63, 3.8) is 0 Å². The van der Waals surface area contributed by atoms with Crippen LogP contribution in [0.4, 0.5) is 0 Å². The van der Waals surface area contributed by atoms with Gasteiger partial charge in [0, 0.05) is 16.7 Å². The first kappa shape index (κ1) is 18.0. The van der Waals surface area contributed by atoms with Crippen molar-refractivity contribution in [3.8, 4) is 5.75 Å². The van der Waals surface area contributed by atoms with E-state index in [0.29, 0.717) is 16.7 Å². The molecule has 0 spiro atoms. The predicted octanol–water partition coefficient (Wildman–Crippen LogP) is 1.97. The van der Waals surface area contributed by atoms with Crippen LogP contribution in [0.25, 0.3) is 5.76 Å². The summed E-state index contributed by atoms with van der Waals surface area (Å²) in [6, 6.07) is 11.7. The van der Waals surface area contributed by atoms with Crippen molar-refractivity contribution in [3.05, 3.63) is 70.8 Å². The summed E-state index contributed by atoms with van der Waals surface area (Å²) in [4.78, 5) is 35.2. The van der Waals surface area contributed by atoms with Crippen LogP contribution in [0.15, 0.2) is 54.6 Å². The van der Waals surface area contributed by atoms with Gasteiger partial charge in [-0.05, 0) is 36.4 Å². The van der Waals surface area contributed by atoms with E-state index in [1.54, 1.807) is 0 Å². The Balaban J connectivity index is 1.97. The van der Waals surface area contributed by atoms with Crippen molar-refractivity contribution in [2.45, 2.75) is 0 Å². The summed E-state index contributed by atoms with van der Waals surface area (Å²) in [5, 5.41) is 19.8. The Morgan fingerprint density at radius 2 is 1.60 bits per heavy atom. The molecule has 0 radical (unpaired) electrons. The van der Waals surface area contributed by atoms with E-state index >= 15 is 0 Å². The highest BCUT2D eigenvalue weighted by molar-refractivity contribution is 6.41. The number of halogens is 1. The van der Waals surface area contributed by atoms with E-state index < -0.39 is 23.4 Å². The van der Waals surface area contributed by atoms with Crippen LogP contribution in [0, 0.1) is 0 Å². The third kappa shape index (κ3) is 4.82. The molecule has 0 unspecified atom stereocenters. The average molecular weight is 361 g/mol. The van der Waals surface area contributed by atoms with Gasteiger partial charge in [0.05, 0.1) is 5.56 Å². The highest BCUT2D eigenvalue weighted by Gasteiger charge is 2.15. The van der Waals surface area contributed by atoms with E-state index in [4.69, 9.17) is 11.6 Å². The summed E-state index contributed by atoms with van der Waals surface area (Å²) in [6.07, 6.45) is 0.713. The number of amides is 2. The number of benzene rings is 2. The van der Waals surface area contributed by atoms with Crippen LogP contribution in [0.2, 0.25) is 5.02 Å². The normalized spacial score (nSPS) is 10.8. The van der Waals surface area contributed by atoms with Crippen molar-refractivity contribution in [1.82, 2.24) is 10.9 Å². The number of carbonyl (C=O) groups excluding carboxylic acids is 3. The maximum Gasteiger partial charge on any atom is 0.310 e. The molecule has 2 aromatic rings.